The van der Waals surface area contributed by atoms with Crippen LogP contribution in [0.15, 0.2) is 146 Å². The van der Waals surface area contributed by atoms with Crippen molar-refractivity contribution in [1.82, 2.24) is 19.1 Å². The number of fused-ring (bicyclic) bond motifs is 10. The van der Waals surface area contributed by atoms with E-state index in [4.69, 9.17) is 9.97 Å². The van der Waals surface area contributed by atoms with Crippen LogP contribution in [0.3, 0.4) is 0 Å². The van der Waals surface area contributed by atoms with Crippen molar-refractivity contribution in [1.29, 1.82) is 0 Å². The van der Waals surface area contributed by atoms with Crippen LogP contribution in [0.2, 0.25) is 0 Å². The predicted octanol–water partition coefficient (Wildman–Crippen LogP) is 10.7. The van der Waals surface area contributed by atoms with Gasteiger partial charge in [0.1, 0.15) is 4.83 Å². The number of nitrogens with zero attached hydrogens (tertiary/aromatic N) is 4. The third-order valence-corrected chi connectivity index (χ3v) is 10.0. The molecule has 0 bridgehead atoms. The van der Waals surface area contributed by atoms with Crippen LogP contribution in [0.25, 0.3) is 86.8 Å². The minimum atomic E-state index is 0.685. The van der Waals surface area contributed by atoms with Gasteiger partial charge in [-0.05, 0) is 42.5 Å². The molecule has 0 aliphatic rings. The first-order valence-corrected chi connectivity index (χ1v) is 15.9. The van der Waals surface area contributed by atoms with E-state index in [0.29, 0.717) is 5.95 Å². The molecule has 0 N–H and O–H groups in total. The average Bonchev–Trinajstić information content (AvgIpc) is 3.76. The summed E-state index contributed by atoms with van der Waals surface area (Å²) in [5.74, 6) is 0.685. The standard InChI is InChI=1S/C40H24N4S/c1-3-13-25(14-4-1)38-37-29-19-9-12-22-34(29)45-39(37)42-40(41-38)44-31-21-11-8-18-28(31)36-33(44)24-23-32-35(36)27-17-7-10-20-30(27)43(32)26-15-5-2-6-16-26/h1-24H. The fourth-order valence-corrected chi connectivity index (χ4v) is 8.18. The van der Waals surface area contributed by atoms with E-state index < -0.39 is 0 Å². The monoisotopic (exact) mass is 592 g/mol. The second kappa shape index (κ2) is 9.36. The molecule has 0 amide bonds. The molecule has 0 atom stereocenters. The molecule has 0 unspecified atom stereocenters. The maximum absolute atomic E-state index is 5.38. The second-order valence-electron chi connectivity index (χ2n) is 11.4. The number of hydrogen-bond donors (Lipinski definition) is 0. The topological polar surface area (TPSA) is 35.6 Å². The smallest absolute Gasteiger partial charge is 0.236 e. The van der Waals surface area contributed by atoms with Gasteiger partial charge >= 0.3 is 0 Å². The number of para-hydroxylation sites is 3. The first kappa shape index (κ1) is 24.6. The summed E-state index contributed by atoms with van der Waals surface area (Å²) in [6, 6.07) is 51.6. The third-order valence-electron chi connectivity index (χ3n) is 8.96. The van der Waals surface area contributed by atoms with Gasteiger partial charge in [0.2, 0.25) is 5.95 Å². The molecule has 0 spiro atoms. The zero-order valence-corrected chi connectivity index (χ0v) is 24.9. The minimum absolute atomic E-state index is 0.685. The van der Waals surface area contributed by atoms with Crippen LogP contribution in [0, 0.1) is 0 Å². The summed E-state index contributed by atoms with van der Waals surface area (Å²) >= 11 is 1.73. The predicted molar refractivity (Wildman–Crippen MR) is 189 cm³/mol. The molecule has 4 aromatic heterocycles. The largest absolute Gasteiger partial charge is 0.309 e. The molecule has 6 aromatic carbocycles. The van der Waals surface area contributed by atoms with Crippen LogP contribution in [0.1, 0.15) is 0 Å². The molecule has 0 fully saturated rings. The molecule has 10 rings (SSSR count). The van der Waals surface area contributed by atoms with Crippen molar-refractivity contribution < 1.29 is 0 Å². The van der Waals surface area contributed by atoms with E-state index in [1.54, 1.807) is 11.3 Å². The Balaban J connectivity index is 1.36. The Bertz CT molecular complexity index is 2750. The van der Waals surface area contributed by atoms with Crippen LogP contribution in [-0.2, 0) is 0 Å². The molecule has 0 aliphatic carbocycles. The summed E-state index contributed by atoms with van der Waals surface area (Å²) in [6.07, 6.45) is 0. The van der Waals surface area contributed by atoms with Gasteiger partial charge in [0.05, 0.1) is 27.8 Å². The van der Waals surface area contributed by atoms with Gasteiger partial charge in [-0.1, -0.05) is 103 Å². The molecule has 4 heterocycles. The van der Waals surface area contributed by atoms with Crippen molar-refractivity contribution in [2.75, 3.05) is 0 Å². The summed E-state index contributed by atoms with van der Waals surface area (Å²) < 4.78 is 5.85. The fourth-order valence-electron chi connectivity index (χ4n) is 7.11. The van der Waals surface area contributed by atoms with Gasteiger partial charge < -0.3 is 4.57 Å². The van der Waals surface area contributed by atoms with E-state index in [0.717, 1.165) is 38.2 Å². The molecule has 0 saturated carbocycles. The lowest BCUT2D eigenvalue weighted by Crippen LogP contribution is -2.02. The third kappa shape index (κ3) is 3.47. The molecule has 0 radical (unpaired) electrons. The van der Waals surface area contributed by atoms with Crippen LogP contribution in [-0.4, -0.2) is 19.1 Å². The quantitative estimate of drug-likeness (QED) is 0.205. The van der Waals surface area contributed by atoms with E-state index in [1.165, 1.54) is 42.7 Å². The SMILES string of the molecule is c1ccc(-c2nc(-n3c4ccccc4c4c5c6ccccc6n(-c6ccccc6)c5ccc43)nc3sc4ccccc4c23)cc1. The zero-order valence-electron chi connectivity index (χ0n) is 24.1. The van der Waals surface area contributed by atoms with E-state index in [1.807, 2.05) is 0 Å². The molecule has 5 heteroatoms. The lowest BCUT2D eigenvalue weighted by atomic mass is 10.1. The molecule has 4 nitrogen and oxygen atoms in total. The highest BCUT2D eigenvalue weighted by Crippen LogP contribution is 2.43. The van der Waals surface area contributed by atoms with Gasteiger partial charge in [0.25, 0.3) is 0 Å². The Morgan fingerprint density at radius 1 is 0.422 bits per heavy atom. The Morgan fingerprint density at radius 3 is 1.69 bits per heavy atom. The van der Waals surface area contributed by atoms with Crippen LogP contribution in [0.5, 0.6) is 0 Å². The number of rotatable bonds is 3. The number of thiophene rings is 1. The van der Waals surface area contributed by atoms with Crippen molar-refractivity contribution >= 4 is 75.3 Å². The van der Waals surface area contributed by atoms with Gasteiger partial charge in [0, 0.05) is 48.3 Å². The average molecular weight is 593 g/mol. The highest BCUT2D eigenvalue weighted by atomic mass is 32.1. The molecule has 0 saturated heterocycles. The summed E-state index contributed by atoms with van der Waals surface area (Å²) in [4.78, 5) is 11.7. The van der Waals surface area contributed by atoms with Crippen molar-refractivity contribution in [3.63, 3.8) is 0 Å². The highest BCUT2D eigenvalue weighted by molar-refractivity contribution is 7.25. The van der Waals surface area contributed by atoms with Crippen molar-refractivity contribution in [2.24, 2.45) is 0 Å². The van der Waals surface area contributed by atoms with Crippen LogP contribution in [0.4, 0.5) is 0 Å². The molecular weight excluding hydrogens is 569 g/mol. The second-order valence-corrected chi connectivity index (χ2v) is 12.4. The normalized spacial score (nSPS) is 12.0. The minimum Gasteiger partial charge on any atom is -0.309 e. The van der Waals surface area contributed by atoms with Gasteiger partial charge in [-0.3, -0.25) is 4.57 Å². The van der Waals surface area contributed by atoms with Crippen molar-refractivity contribution in [2.45, 2.75) is 0 Å². The molecule has 0 aliphatic heterocycles. The number of hydrogen-bond acceptors (Lipinski definition) is 3. The Morgan fingerprint density at radius 2 is 0.978 bits per heavy atom. The number of aromatic nitrogens is 4. The first-order valence-electron chi connectivity index (χ1n) is 15.1. The van der Waals surface area contributed by atoms with Crippen molar-refractivity contribution in [3.8, 4) is 22.9 Å². The van der Waals surface area contributed by atoms with E-state index in [2.05, 4.69) is 155 Å². The van der Waals surface area contributed by atoms with E-state index in [-0.39, 0.29) is 0 Å². The van der Waals surface area contributed by atoms with Crippen molar-refractivity contribution in [3.05, 3.63) is 146 Å². The first-order chi connectivity index (χ1) is 22.3. The van der Waals surface area contributed by atoms with Gasteiger partial charge in [0.15, 0.2) is 0 Å². The number of benzene rings is 6. The Kier molecular flexibility index (Phi) is 5.12. The Labute approximate surface area is 262 Å². The summed E-state index contributed by atoms with van der Waals surface area (Å²) in [5, 5.41) is 7.19. The molecule has 10 aromatic rings. The summed E-state index contributed by atoms with van der Waals surface area (Å²) in [7, 11) is 0. The maximum Gasteiger partial charge on any atom is 0.236 e. The van der Waals surface area contributed by atoms with E-state index >= 15 is 0 Å². The van der Waals surface area contributed by atoms with Gasteiger partial charge in [-0.25, -0.2) is 9.97 Å². The highest BCUT2D eigenvalue weighted by Gasteiger charge is 2.23. The Hall–Kier alpha value is -5.78. The summed E-state index contributed by atoms with van der Waals surface area (Å²) in [6.45, 7) is 0. The fraction of sp³-hybridized carbons (Fsp3) is 0. The zero-order chi connectivity index (χ0) is 29.5. The van der Waals surface area contributed by atoms with Gasteiger partial charge in [-0.15, -0.1) is 11.3 Å². The summed E-state index contributed by atoms with van der Waals surface area (Å²) in [5.41, 5.74) is 7.76. The maximum atomic E-state index is 5.38. The lowest BCUT2D eigenvalue weighted by Gasteiger charge is -2.10. The van der Waals surface area contributed by atoms with E-state index in [9.17, 15) is 0 Å². The lowest BCUT2D eigenvalue weighted by molar-refractivity contribution is 1.02. The van der Waals surface area contributed by atoms with Crippen LogP contribution >= 0.6 is 11.3 Å². The molecule has 210 valence electrons. The van der Waals surface area contributed by atoms with Gasteiger partial charge in [-0.2, -0.15) is 0 Å². The van der Waals surface area contributed by atoms with Crippen LogP contribution < -0.4 is 0 Å². The molecular formula is C40H24N4S. The molecule has 45 heavy (non-hydrogen) atoms.